The van der Waals surface area contributed by atoms with Gasteiger partial charge in [-0.15, -0.1) is 15.1 Å². The summed E-state index contributed by atoms with van der Waals surface area (Å²) in [5.74, 6) is 0. The molecule has 0 bridgehead atoms. The van der Waals surface area contributed by atoms with Gasteiger partial charge in [0.2, 0.25) is 0 Å². The third kappa shape index (κ3) is 4.47. The lowest BCUT2D eigenvalue weighted by Crippen LogP contribution is -2.14. The minimum absolute atomic E-state index is 0.0889. The molecule has 0 aliphatic heterocycles. The molecule has 1 aliphatic carbocycles. The van der Waals surface area contributed by atoms with Crippen LogP contribution in [-0.2, 0) is 18.7 Å². The summed E-state index contributed by atoms with van der Waals surface area (Å²) in [6.45, 7) is 9.70. The fourth-order valence-corrected chi connectivity index (χ4v) is 15.2. The van der Waals surface area contributed by atoms with Gasteiger partial charge in [-0.2, -0.15) is 0 Å². The van der Waals surface area contributed by atoms with E-state index in [1.807, 2.05) is 0 Å². The molecule has 0 N–H and O–H groups in total. The molecular weight excluding hydrogens is 723 g/mol. The zero-order valence-electron chi connectivity index (χ0n) is 32.6. The smallest absolute Gasteiger partial charge is 0.0159 e. The van der Waals surface area contributed by atoms with E-state index in [4.69, 9.17) is 0 Å². The molecule has 0 radical (unpaired) electrons. The van der Waals surface area contributed by atoms with Crippen LogP contribution in [0, 0.1) is 0 Å². The van der Waals surface area contributed by atoms with Crippen LogP contribution in [0.5, 0.6) is 0 Å². The van der Waals surface area contributed by atoms with Crippen molar-refractivity contribution in [2.45, 2.75) is 19.3 Å². The Morgan fingerprint density at radius 3 is 1.30 bits per heavy atom. The van der Waals surface area contributed by atoms with Gasteiger partial charge in [-0.1, -0.05) is 178 Å². The Bertz CT molecular complexity index is 3340. The normalized spacial score (nSPS) is 14.0. The first-order valence-electron chi connectivity index (χ1n) is 20.1. The molecule has 11 aromatic rings. The zero-order chi connectivity index (χ0) is 38.2. The average molecular weight is 763 g/mol. The topological polar surface area (TPSA) is 0 Å². The van der Waals surface area contributed by atoms with E-state index < -0.39 is 15.1 Å². The van der Waals surface area contributed by atoms with Gasteiger partial charge in [-0.3, -0.25) is 0 Å². The quantitative estimate of drug-likeness (QED) is 0.157. The number of hydrogen-bond donors (Lipinski definition) is 0. The molecule has 2 atom stereocenters. The molecule has 0 saturated heterocycles. The number of rotatable bonds is 3. The minimum atomic E-state index is -0.498. The van der Waals surface area contributed by atoms with Crippen LogP contribution in [0.3, 0.4) is 0 Å². The van der Waals surface area contributed by atoms with Gasteiger partial charge in [0.1, 0.15) is 0 Å². The van der Waals surface area contributed by atoms with Crippen LogP contribution in [0.15, 0.2) is 170 Å². The Kier molecular flexibility index (Phi) is 7.03. The lowest BCUT2D eigenvalue weighted by atomic mass is 9.81. The van der Waals surface area contributed by atoms with Crippen molar-refractivity contribution < 1.29 is 0 Å². The average Bonchev–Trinajstić information content (AvgIpc) is 3.81. The Morgan fingerprint density at radius 2 is 0.719 bits per heavy atom. The maximum absolute atomic E-state index is 2.55. The third-order valence-electron chi connectivity index (χ3n) is 13.4. The van der Waals surface area contributed by atoms with E-state index in [1.54, 1.807) is 0 Å². The van der Waals surface area contributed by atoms with Crippen molar-refractivity contribution in [2.24, 2.45) is 13.3 Å². The van der Waals surface area contributed by atoms with Gasteiger partial charge < -0.3 is 0 Å². The first kappa shape index (κ1) is 33.3. The Morgan fingerprint density at radius 1 is 0.316 bits per heavy atom. The van der Waals surface area contributed by atoms with Crippen LogP contribution >= 0.6 is 15.1 Å². The van der Waals surface area contributed by atoms with E-state index in [2.05, 4.69) is 197 Å². The third-order valence-corrected chi connectivity index (χ3v) is 17.9. The summed E-state index contributed by atoms with van der Waals surface area (Å²) in [5, 5.41) is 16.8. The van der Waals surface area contributed by atoms with Crippen molar-refractivity contribution >= 4 is 78.6 Å². The van der Waals surface area contributed by atoms with Crippen LogP contribution in [0.1, 0.15) is 25.0 Å². The molecule has 9 aromatic carbocycles. The van der Waals surface area contributed by atoms with Gasteiger partial charge in [0.15, 0.2) is 0 Å². The summed E-state index contributed by atoms with van der Waals surface area (Å²) < 4.78 is 0. The van der Waals surface area contributed by atoms with Gasteiger partial charge in [-0.25, -0.2) is 0 Å². The summed E-state index contributed by atoms with van der Waals surface area (Å²) in [7, 11) is -0.995. The van der Waals surface area contributed by atoms with Gasteiger partial charge in [-0.05, 0) is 118 Å². The lowest BCUT2D eigenvalue weighted by molar-refractivity contribution is 0.660. The van der Waals surface area contributed by atoms with Crippen molar-refractivity contribution in [3.8, 4) is 44.5 Å². The number of benzene rings is 9. The zero-order valence-corrected chi connectivity index (χ0v) is 34.3. The molecule has 57 heavy (non-hydrogen) atoms. The molecule has 0 nitrogen and oxygen atoms in total. The summed E-state index contributed by atoms with van der Waals surface area (Å²) in [5.41, 5.74) is 13.5. The molecule has 0 saturated carbocycles. The molecule has 2 aromatic heterocycles. The highest BCUT2D eigenvalue weighted by molar-refractivity contribution is 7.60. The highest BCUT2D eigenvalue weighted by Gasteiger charge is 2.37. The van der Waals surface area contributed by atoms with Crippen molar-refractivity contribution in [1.29, 1.82) is 0 Å². The van der Waals surface area contributed by atoms with E-state index in [-0.39, 0.29) is 5.41 Å². The monoisotopic (exact) mass is 762 g/mol. The van der Waals surface area contributed by atoms with Crippen molar-refractivity contribution in [1.82, 2.24) is 0 Å². The first-order chi connectivity index (χ1) is 27.9. The number of hydrogen-bond acceptors (Lipinski definition) is 0. The van der Waals surface area contributed by atoms with Gasteiger partial charge in [0.05, 0.1) is 0 Å². The van der Waals surface area contributed by atoms with Crippen LogP contribution < -0.4 is 0 Å². The second-order valence-electron chi connectivity index (χ2n) is 16.5. The SMILES string of the molecule is Cp1c2ccccc2c2cccc(-c3cccc4c(-c5cccc6c5-c5ccccc5C6(C)C)c5cccc(-c6cccc7c8ccccc8p(C)c67)c5cc34)c21. The molecule has 0 spiro atoms. The van der Waals surface area contributed by atoms with E-state index in [0.717, 1.165) is 0 Å². The second-order valence-corrected chi connectivity index (χ2v) is 20.6. The molecular formula is C55H40P2. The van der Waals surface area contributed by atoms with Crippen LogP contribution in [0.4, 0.5) is 0 Å². The fraction of sp³-hybridized carbons (Fsp3) is 0.0909. The van der Waals surface area contributed by atoms with Gasteiger partial charge in [0.25, 0.3) is 0 Å². The van der Waals surface area contributed by atoms with Crippen molar-refractivity contribution in [3.05, 3.63) is 181 Å². The molecule has 2 heteroatoms. The molecule has 2 heterocycles. The van der Waals surface area contributed by atoms with Crippen molar-refractivity contribution in [3.63, 3.8) is 0 Å². The Balaban J connectivity index is 1.26. The number of aryl methyl sites for hydroxylation is 2. The first-order valence-corrected chi connectivity index (χ1v) is 23.6. The number of fused-ring (bicyclic) bond motifs is 11. The van der Waals surface area contributed by atoms with Crippen molar-refractivity contribution in [2.75, 3.05) is 0 Å². The molecule has 0 amide bonds. The maximum Gasteiger partial charge on any atom is 0.0159 e. The van der Waals surface area contributed by atoms with E-state index >= 15 is 0 Å². The maximum atomic E-state index is 2.55. The summed E-state index contributed by atoms with van der Waals surface area (Å²) in [4.78, 5) is 0. The predicted octanol–water partition coefficient (Wildman–Crippen LogP) is 17.0. The summed E-state index contributed by atoms with van der Waals surface area (Å²) in [6, 6.07) is 65.1. The fourth-order valence-electron chi connectivity index (χ4n) is 10.8. The summed E-state index contributed by atoms with van der Waals surface area (Å²) >= 11 is 0. The summed E-state index contributed by atoms with van der Waals surface area (Å²) in [6.07, 6.45) is 0. The molecule has 12 rings (SSSR count). The Hall–Kier alpha value is -5.90. The standard InChI is InChI=1S/C55H40P2/c1-55(2)47-28-8-5-18-43(47)52-44(27-15-29-48(52)55)51-37-21-11-19-33(39-23-13-25-41-35-16-6-9-30-49(35)56(3)53(39)41)45(37)32-46-34(20-12-22-38(46)51)40-24-14-26-42-36-17-7-10-31-50(36)57(4)54(40)42/h5-32H,1-4H3. The second kappa shape index (κ2) is 12.1. The molecule has 0 fully saturated rings. The van der Waals surface area contributed by atoms with Gasteiger partial charge in [0, 0.05) is 25.9 Å². The minimum Gasteiger partial charge on any atom is -0.111 e. The van der Waals surface area contributed by atoms with E-state index in [0.29, 0.717) is 0 Å². The highest BCUT2D eigenvalue weighted by atomic mass is 31.1. The molecule has 1 aliphatic rings. The molecule has 2 unspecified atom stereocenters. The molecule has 270 valence electrons. The van der Waals surface area contributed by atoms with Gasteiger partial charge >= 0.3 is 0 Å². The van der Waals surface area contributed by atoms with Crippen LogP contribution in [-0.4, -0.2) is 0 Å². The predicted molar refractivity (Wildman–Crippen MR) is 253 cm³/mol. The van der Waals surface area contributed by atoms with E-state index in [1.165, 1.54) is 119 Å². The van der Waals surface area contributed by atoms with E-state index in [9.17, 15) is 0 Å². The Labute approximate surface area is 335 Å². The van der Waals surface area contributed by atoms with Crippen LogP contribution in [0.2, 0.25) is 0 Å². The van der Waals surface area contributed by atoms with Crippen LogP contribution in [0.25, 0.3) is 108 Å². The largest absolute Gasteiger partial charge is 0.111 e. The lowest BCUT2D eigenvalue weighted by Gasteiger charge is -2.22. The highest BCUT2D eigenvalue weighted by Crippen LogP contribution is 2.57.